The van der Waals surface area contributed by atoms with Crippen molar-refractivity contribution in [1.29, 1.82) is 0 Å². The molecule has 0 saturated heterocycles. The van der Waals surface area contributed by atoms with Crippen molar-refractivity contribution in [3.63, 3.8) is 0 Å². The first kappa shape index (κ1) is 18.6. The van der Waals surface area contributed by atoms with Gasteiger partial charge in [0.25, 0.3) is 0 Å². The highest BCUT2D eigenvalue weighted by molar-refractivity contribution is 5.76. The van der Waals surface area contributed by atoms with Gasteiger partial charge >= 0.3 is 0 Å². The molecule has 2 aromatic heterocycles. The summed E-state index contributed by atoms with van der Waals surface area (Å²) in [4.78, 5) is 22.4. The van der Waals surface area contributed by atoms with Crippen LogP contribution in [0.2, 0.25) is 0 Å². The van der Waals surface area contributed by atoms with E-state index in [2.05, 4.69) is 37.5 Å². The summed E-state index contributed by atoms with van der Waals surface area (Å²) in [5.41, 5.74) is 2.01. The molecule has 3 rings (SSSR count). The standard InChI is InChI=1S/C20H23N5O2/c1-25(17-6-3-2-4-7-17)15-5-12-22-18(26)8-9-19-23-20(24-27-19)16-10-13-21-14-11-16/h2-4,6-7,10-11,13-14H,5,8-9,12,15H2,1H3,(H,22,26). The normalized spacial score (nSPS) is 10.6. The molecule has 2 heterocycles. The molecule has 1 aromatic carbocycles. The number of carbonyl (C=O) groups excluding carboxylic acids is 1. The highest BCUT2D eigenvalue weighted by Gasteiger charge is 2.10. The molecule has 0 saturated carbocycles. The number of carbonyl (C=O) groups is 1. The average Bonchev–Trinajstić information content (AvgIpc) is 3.20. The Hall–Kier alpha value is -3.22. The third-order valence-corrected chi connectivity index (χ3v) is 4.16. The lowest BCUT2D eigenvalue weighted by atomic mass is 10.2. The fraction of sp³-hybridized carbons (Fsp3) is 0.300. The third kappa shape index (κ3) is 5.64. The first-order valence-corrected chi connectivity index (χ1v) is 8.98. The van der Waals surface area contributed by atoms with Crippen molar-refractivity contribution >= 4 is 11.6 Å². The summed E-state index contributed by atoms with van der Waals surface area (Å²) in [5, 5.41) is 6.87. The van der Waals surface area contributed by atoms with Crippen LogP contribution < -0.4 is 10.2 Å². The summed E-state index contributed by atoms with van der Waals surface area (Å²) in [6.45, 7) is 1.52. The number of anilines is 1. The number of nitrogens with zero attached hydrogens (tertiary/aromatic N) is 4. The molecule has 0 fully saturated rings. The molecule has 140 valence electrons. The maximum Gasteiger partial charge on any atom is 0.227 e. The number of aromatic nitrogens is 3. The van der Waals surface area contributed by atoms with Crippen LogP contribution in [-0.2, 0) is 11.2 Å². The predicted molar refractivity (Wildman–Crippen MR) is 103 cm³/mol. The quantitative estimate of drug-likeness (QED) is 0.587. The van der Waals surface area contributed by atoms with E-state index in [0.29, 0.717) is 31.1 Å². The van der Waals surface area contributed by atoms with Crippen LogP contribution >= 0.6 is 0 Å². The summed E-state index contributed by atoms with van der Waals surface area (Å²) in [6, 6.07) is 13.8. The Balaban J connectivity index is 1.35. The SMILES string of the molecule is CN(CCCNC(=O)CCc1nc(-c2ccncc2)no1)c1ccccc1. The van der Waals surface area contributed by atoms with Gasteiger partial charge in [-0.15, -0.1) is 0 Å². The lowest BCUT2D eigenvalue weighted by Crippen LogP contribution is -2.28. The van der Waals surface area contributed by atoms with E-state index in [9.17, 15) is 4.79 Å². The lowest BCUT2D eigenvalue weighted by Gasteiger charge is -2.19. The molecule has 1 amide bonds. The Bertz CT molecular complexity index is 836. The molecule has 0 aliphatic heterocycles. The maximum atomic E-state index is 12.0. The summed E-state index contributed by atoms with van der Waals surface area (Å²) in [5.74, 6) is 0.957. The van der Waals surface area contributed by atoms with Gasteiger partial charge in [-0.3, -0.25) is 9.78 Å². The number of amides is 1. The molecule has 27 heavy (non-hydrogen) atoms. The molecule has 7 heteroatoms. The fourth-order valence-electron chi connectivity index (χ4n) is 2.64. The van der Waals surface area contributed by atoms with Crippen LogP contribution in [0, 0.1) is 0 Å². The highest BCUT2D eigenvalue weighted by atomic mass is 16.5. The van der Waals surface area contributed by atoms with Crippen molar-refractivity contribution in [2.75, 3.05) is 25.0 Å². The van der Waals surface area contributed by atoms with E-state index in [1.54, 1.807) is 12.4 Å². The number of hydrogen-bond acceptors (Lipinski definition) is 6. The van der Waals surface area contributed by atoms with Crippen molar-refractivity contribution in [2.24, 2.45) is 0 Å². The van der Waals surface area contributed by atoms with Gasteiger partial charge in [-0.25, -0.2) is 0 Å². The average molecular weight is 365 g/mol. The second kappa shape index (κ2) is 9.47. The van der Waals surface area contributed by atoms with E-state index in [1.165, 1.54) is 5.69 Å². The van der Waals surface area contributed by atoms with Crippen LogP contribution in [0.1, 0.15) is 18.7 Å². The topological polar surface area (TPSA) is 84.2 Å². The predicted octanol–water partition coefficient (Wildman–Crippen LogP) is 2.71. The zero-order chi connectivity index (χ0) is 18.9. The first-order chi connectivity index (χ1) is 13.2. The van der Waals surface area contributed by atoms with Gasteiger partial charge in [-0.1, -0.05) is 23.4 Å². The summed E-state index contributed by atoms with van der Waals surface area (Å²) in [7, 11) is 2.05. The number of para-hydroxylation sites is 1. The second-order valence-corrected chi connectivity index (χ2v) is 6.21. The Kier molecular flexibility index (Phi) is 6.51. The van der Waals surface area contributed by atoms with Crippen LogP contribution in [0.25, 0.3) is 11.4 Å². The van der Waals surface area contributed by atoms with Crippen LogP contribution in [0.15, 0.2) is 59.4 Å². The van der Waals surface area contributed by atoms with Gasteiger partial charge in [-0.05, 0) is 30.7 Å². The Morgan fingerprint density at radius 2 is 1.93 bits per heavy atom. The molecule has 0 atom stereocenters. The Morgan fingerprint density at radius 1 is 1.15 bits per heavy atom. The van der Waals surface area contributed by atoms with Crippen molar-refractivity contribution in [3.8, 4) is 11.4 Å². The second-order valence-electron chi connectivity index (χ2n) is 6.21. The van der Waals surface area contributed by atoms with Crippen molar-refractivity contribution < 1.29 is 9.32 Å². The summed E-state index contributed by atoms with van der Waals surface area (Å²) in [6.07, 6.45) is 4.98. The monoisotopic (exact) mass is 365 g/mol. The summed E-state index contributed by atoms with van der Waals surface area (Å²) >= 11 is 0. The number of rotatable bonds is 9. The minimum absolute atomic E-state index is 0.0129. The van der Waals surface area contributed by atoms with E-state index < -0.39 is 0 Å². The van der Waals surface area contributed by atoms with E-state index in [0.717, 1.165) is 18.5 Å². The number of pyridine rings is 1. The molecule has 1 N–H and O–H groups in total. The number of benzene rings is 1. The zero-order valence-electron chi connectivity index (χ0n) is 15.3. The first-order valence-electron chi connectivity index (χ1n) is 8.98. The summed E-state index contributed by atoms with van der Waals surface area (Å²) < 4.78 is 5.21. The van der Waals surface area contributed by atoms with Crippen molar-refractivity contribution in [1.82, 2.24) is 20.4 Å². The molecule has 0 bridgehead atoms. The maximum absolute atomic E-state index is 12.0. The van der Waals surface area contributed by atoms with E-state index in [4.69, 9.17) is 4.52 Å². The van der Waals surface area contributed by atoms with Gasteiger partial charge in [0.05, 0.1) is 0 Å². The Morgan fingerprint density at radius 3 is 2.70 bits per heavy atom. The third-order valence-electron chi connectivity index (χ3n) is 4.16. The van der Waals surface area contributed by atoms with Gasteiger partial charge in [0.15, 0.2) is 0 Å². The largest absolute Gasteiger partial charge is 0.375 e. The fourth-order valence-corrected chi connectivity index (χ4v) is 2.64. The number of aryl methyl sites for hydroxylation is 1. The van der Waals surface area contributed by atoms with E-state index >= 15 is 0 Å². The minimum Gasteiger partial charge on any atom is -0.375 e. The van der Waals surface area contributed by atoms with Gasteiger partial charge in [0, 0.05) is 56.6 Å². The molecule has 7 nitrogen and oxygen atoms in total. The molecular weight excluding hydrogens is 342 g/mol. The zero-order valence-corrected chi connectivity index (χ0v) is 15.3. The minimum atomic E-state index is -0.0129. The van der Waals surface area contributed by atoms with Crippen molar-refractivity contribution in [3.05, 3.63) is 60.7 Å². The van der Waals surface area contributed by atoms with E-state index in [1.807, 2.05) is 37.4 Å². The molecular formula is C20H23N5O2. The number of hydrogen-bond donors (Lipinski definition) is 1. The van der Waals surface area contributed by atoms with Crippen LogP contribution in [0.3, 0.4) is 0 Å². The highest BCUT2D eigenvalue weighted by Crippen LogP contribution is 2.14. The van der Waals surface area contributed by atoms with Gasteiger partial charge < -0.3 is 14.7 Å². The molecule has 0 aliphatic rings. The van der Waals surface area contributed by atoms with Gasteiger partial charge in [0.2, 0.25) is 17.6 Å². The van der Waals surface area contributed by atoms with Crippen molar-refractivity contribution in [2.45, 2.75) is 19.3 Å². The van der Waals surface area contributed by atoms with Gasteiger partial charge in [-0.2, -0.15) is 4.98 Å². The molecule has 0 unspecified atom stereocenters. The van der Waals surface area contributed by atoms with Crippen LogP contribution in [0.4, 0.5) is 5.69 Å². The lowest BCUT2D eigenvalue weighted by molar-refractivity contribution is -0.121. The smallest absolute Gasteiger partial charge is 0.227 e. The molecule has 0 radical (unpaired) electrons. The van der Waals surface area contributed by atoms with Gasteiger partial charge in [0.1, 0.15) is 0 Å². The molecule has 0 aliphatic carbocycles. The molecule has 3 aromatic rings. The Labute approximate surface area is 158 Å². The molecule has 0 spiro atoms. The van der Waals surface area contributed by atoms with Crippen LogP contribution in [-0.4, -0.2) is 41.2 Å². The van der Waals surface area contributed by atoms with Crippen LogP contribution in [0.5, 0.6) is 0 Å². The number of nitrogens with one attached hydrogen (secondary N) is 1. The van der Waals surface area contributed by atoms with E-state index in [-0.39, 0.29) is 5.91 Å².